The minimum atomic E-state index is -0.756. The van der Waals surface area contributed by atoms with E-state index >= 15 is 0 Å². The molecule has 244 valence electrons. The number of nitrogens with one attached hydrogen (secondary N) is 3. The summed E-state index contributed by atoms with van der Waals surface area (Å²) >= 11 is 5.89. The van der Waals surface area contributed by atoms with E-state index in [9.17, 15) is 18.0 Å². The van der Waals surface area contributed by atoms with Crippen LogP contribution in [-0.2, 0) is 6.54 Å². The van der Waals surface area contributed by atoms with Crippen molar-refractivity contribution in [2.24, 2.45) is 0 Å². The predicted molar refractivity (Wildman–Crippen MR) is 181 cm³/mol. The topological polar surface area (TPSA) is 85.4 Å². The second-order valence-electron chi connectivity index (χ2n) is 10.3. The SMILES string of the molecule is C=CNCc1c(-c2cc(C(=O)Nc3ccc(F)c(Cl)c3)ccc2C)nc(NCCN(C)C)nc1N(C)c1c(F)cccc1F.CC. The number of aromatic nitrogens is 2. The zero-order valence-corrected chi connectivity index (χ0v) is 27.6. The van der Waals surface area contributed by atoms with Gasteiger partial charge in [0, 0.05) is 49.1 Å². The summed E-state index contributed by atoms with van der Waals surface area (Å²) < 4.78 is 43.6. The van der Waals surface area contributed by atoms with Crippen LogP contribution in [0.25, 0.3) is 11.3 Å². The summed E-state index contributed by atoms with van der Waals surface area (Å²) in [6, 6.07) is 12.6. The predicted octanol–water partition coefficient (Wildman–Crippen LogP) is 7.78. The highest BCUT2D eigenvalue weighted by atomic mass is 35.5. The van der Waals surface area contributed by atoms with Crippen LogP contribution in [0, 0.1) is 24.4 Å². The maximum absolute atomic E-state index is 15.0. The summed E-state index contributed by atoms with van der Waals surface area (Å²) in [5, 5.41) is 8.86. The number of amides is 1. The Kier molecular flexibility index (Phi) is 13.0. The van der Waals surface area contributed by atoms with Crippen molar-refractivity contribution in [1.82, 2.24) is 20.2 Å². The normalized spacial score (nSPS) is 10.6. The molecule has 0 aliphatic carbocycles. The minimum Gasteiger partial charge on any atom is -0.387 e. The Hall–Kier alpha value is -4.61. The first-order valence-electron chi connectivity index (χ1n) is 14.7. The number of aryl methyl sites for hydroxylation is 1. The van der Waals surface area contributed by atoms with Gasteiger partial charge in [-0.2, -0.15) is 4.98 Å². The highest BCUT2D eigenvalue weighted by Gasteiger charge is 2.24. The molecule has 0 saturated heterocycles. The molecular weight excluding hydrogens is 615 g/mol. The molecule has 0 bridgehead atoms. The molecule has 0 unspecified atom stereocenters. The molecule has 0 fully saturated rings. The lowest BCUT2D eigenvalue weighted by molar-refractivity contribution is 0.102. The molecule has 1 amide bonds. The Morgan fingerprint density at radius 3 is 2.30 bits per heavy atom. The molecule has 3 aromatic carbocycles. The van der Waals surface area contributed by atoms with Crippen molar-refractivity contribution in [3.05, 3.63) is 107 Å². The van der Waals surface area contributed by atoms with E-state index in [2.05, 4.69) is 27.5 Å². The van der Waals surface area contributed by atoms with Crippen LogP contribution in [0.2, 0.25) is 5.02 Å². The van der Waals surface area contributed by atoms with Gasteiger partial charge in [-0.15, -0.1) is 0 Å². The Morgan fingerprint density at radius 1 is 0.978 bits per heavy atom. The first kappa shape index (κ1) is 35.9. The van der Waals surface area contributed by atoms with Crippen molar-refractivity contribution in [2.45, 2.75) is 27.3 Å². The van der Waals surface area contributed by atoms with Gasteiger partial charge in [-0.05, 0) is 75.2 Å². The molecule has 0 atom stereocenters. The van der Waals surface area contributed by atoms with Gasteiger partial charge in [-0.3, -0.25) is 4.79 Å². The molecule has 1 aromatic heterocycles. The van der Waals surface area contributed by atoms with Crippen LogP contribution in [0.1, 0.15) is 35.3 Å². The van der Waals surface area contributed by atoms with Crippen molar-refractivity contribution < 1.29 is 18.0 Å². The van der Waals surface area contributed by atoms with Gasteiger partial charge in [0.2, 0.25) is 5.95 Å². The second kappa shape index (κ2) is 16.6. The molecule has 8 nitrogen and oxygen atoms in total. The fraction of sp³-hybridized carbons (Fsp3) is 0.265. The van der Waals surface area contributed by atoms with Crippen LogP contribution in [0.3, 0.4) is 0 Å². The second-order valence-corrected chi connectivity index (χ2v) is 10.7. The summed E-state index contributed by atoms with van der Waals surface area (Å²) in [7, 11) is 5.38. The number of hydrogen-bond acceptors (Lipinski definition) is 7. The van der Waals surface area contributed by atoms with E-state index in [0.717, 1.165) is 5.56 Å². The smallest absolute Gasteiger partial charge is 0.255 e. The van der Waals surface area contributed by atoms with E-state index in [4.69, 9.17) is 16.6 Å². The quantitative estimate of drug-likeness (QED) is 0.144. The molecular formula is C34H39ClF3N7O. The summed E-state index contributed by atoms with van der Waals surface area (Å²) in [6.45, 7) is 10.9. The highest BCUT2D eigenvalue weighted by molar-refractivity contribution is 6.31. The molecule has 4 rings (SSSR count). The Morgan fingerprint density at radius 2 is 1.67 bits per heavy atom. The molecule has 12 heteroatoms. The van der Waals surface area contributed by atoms with E-state index < -0.39 is 23.4 Å². The number of anilines is 4. The fourth-order valence-electron chi connectivity index (χ4n) is 4.49. The molecule has 1 heterocycles. The number of para-hydroxylation sites is 1. The first-order chi connectivity index (χ1) is 22.0. The number of benzene rings is 3. The van der Waals surface area contributed by atoms with Crippen LogP contribution in [0.15, 0.2) is 67.4 Å². The number of nitrogens with zero attached hydrogens (tertiary/aromatic N) is 4. The molecule has 4 aromatic rings. The molecule has 0 aliphatic rings. The average molecular weight is 654 g/mol. The van der Waals surface area contributed by atoms with Crippen molar-refractivity contribution in [2.75, 3.05) is 49.8 Å². The Balaban J connectivity index is 0.00000282. The first-order valence-corrected chi connectivity index (χ1v) is 15.1. The third-order valence-corrected chi connectivity index (χ3v) is 7.06. The third kappa shape index (κ3) is 8.76. The van der Waals surface area contributed by atoms with Crippen LogP contribution in [-0.4, -0.2) is 55.0 Å². The zero-order chi connectivity index (χ0) is 34.0. The Bertz CT molecular complexity index is 1660. The number of rotatable bonds is 12. The van der Waals surface area contributed by atoms with Gasteiger partial charge in [0.1, 0.15) is 29.0 Å². The molecule has 0 radical (unpaired) electrons. The van der Waals surface area contributed by atoms with E-state index in [1.165, 1.54) is 54.5 Å². The molecule has 3 N–H and O–H groups in total. The number of likely N-dealkylation sites (N-methyl/N-ethyl adjacent to an activating group) is 1. The lowest BCUT2D eigenvalue weighted by Crippen LogP contribution is -2.24. The van der Waals surface area contributed by atoms with Crippen LogP contribution in [0.5, 0.6) is 0 Å². The number of hydrogen-bond donors (Lipinski definition) is 3. The van der Waals surface area contributed by atoms with Crippen molar-refractivity contribution >= 4 is 40.6 Å². The van der Waals surface area contributed by atoms with E-state index in [-0.39, 0.29) is 29.0 Å². The largest absolute Gasteiger partial charge is 0.387 e. The van der Waals surface area contributed by atoms with Gasteiger partial charge in [0.25, 0.3) is 5.91 Å². The van der Waals surface area contributed by atoms with Gasteiger partial charge in [-0.25, -0.2) is 18.2 Å². The summed E-state index contributed by atoms with van der Waals surface area (Å²) in [6.07, 6.45) is 1.49. The third-order valence-electron chi connectivity index (χ3n) is 6.77. The van der Waals surface area contributed by atoms with Gasteiger partial charge in [0.15, 0.2) is 0 Å². The van der Waals surface area contributed by atoms with E-state index in [1.807, 2.05) is 39.8 Å². The average Bonchev–Trinajstić information content (AvgIpc) is 3.02. The lowest BCUT2D eigenvalue weighted by Gasteiger charge is -2.25. The summed E-state index contributed by atoms with van der Waals surface area (Å²) in [5.74, 6) is -2.09. The van der Waals surface area contributed by atoms with Crippen molar-refractivity contribution in [3.8, 4) is 11.3 Å². The van der Waals surface area contributed by atoms with Gasteiger partial charge >= 0.3 is 0 Å². The minimum absolute atomic E-state index is 0.120. The molecule has 0 aliphatic heterocycles. The molecule has 0 saturated carbocycles. The summed E-state index contributed by atoms with van der Waals surface area (Å²) in [5.41, 5.74) is 2.68. The fourth-order valence-corrected chi connectivity index (χ4v) is 4.67. The molecule has 0 spiro atoms. The Labute approximate surface area is 273 Å². The lowest BCUT2D eigenvalue weighted by atomic mass is 9.98. The van der Waals surface area contributed by atoms with Gasteiger partial charge in [0.05, 0.1) is 10.7 Å². The van der Waals surface area contributed by atoms with Crippen molar-refractivity contribution in [3.63, 3.8) is 0 Å². The van der Waals surface area contributed by atoms with Crippen LogP contribution < -0.4 is 20.9 Å². The van der Waals surface area contributed by atoms with E-state index in [0.29, 0.717) is 41.2 Å². The zero-order valence-electron chi connectivity index (χ0n) is 26.8. The summed E-state index contributed by atoms with van der Waals surface area (Å²) in [4.78, 5) is 26.1. The molecule has 46 heavy (non-hydrogen) atoms. The van der Waals surface area contributed by atoms with Crippen molar-refractivity contribution in [1.29, 1.82) is 0 Å². The maximum atomic E-state index is 15.0. The van der Waals surface area contributed by atoms with Gasteiger partial charge < -0.3 is 25.8 Å². The van der Waals surface area contributed by atoms with Gasteiger partial charge in [-0.1, -0.05) is 44.2 Å². The maximum Gasteiger partial charge on any atom is 0.255 e. The number of carbonyl (C=O) groups excluding carboxylic acids is 1. The van der Waals surface area contributed by atoms with Crippen LogP contribution >= 0.6 is 11.6 Å². The monoisotopic (exact) mass is 653 g/mol. The standard InChI is InChI=1S/C32H33ClF3N7O.C2H6/c1-6-37-18-23-28(22-16-20(11-10-19(22)2)31(44)39-21-12-13-25(34)24(33)17-21)40-32(38-14-15-42(3)4)41-30(23)43(5)29-26(35)8-7-9-27(29)36;1-2/h6-13,16-17,37H,1,14-15,18H2,2-5H3,(H,39,44)(H,38,40,41);1-2H3. The number of halogens is 4. The highest BCUT2D eigenvalue weighted by Crippen LogP contribution is 2.36. The van der Waals surface area contributed by atoms with E-state index in [1.54, 1.807) is 18.2 Å². The van der Waals surface area contributed by atoms with Crippen LogP contribution in [0.4, 0.5) is 36.3 Å². The number of carbonyl (C=O) groups is 1.